The molecule has 1 amide bonds. The molecule has 1 aromatic carbocycles. The van der Waals surface area contributed by atoms with Crippen molar-refractivity contribution in [3.63, 3.8) is 0 Å². The monoisotopic (exact) mass is 513 g/mol. The van der Waals surface area contributed by atoms with Gasteiger partial charge < -0.3 is 19.9 Å². The quantitative estimate of drug-likeness (QED) is 0.431. The number of aliphatic hydroxyl groups is 1. The van der Waals surface area contributed by atoms with E-state index in [0.717, 1.165) is 29.8 Å². The van der Waals surface area contributed by atoms with Gasteiger partial charge in [-0.3, -0.25) is 9.78 Å². The van der Waals surface area contributed by atoms with Gasteiger partial charge in [0.2, 0.25) is 0 Å². The van der Waals surface area contributed by atoms with Crippen LogP contribution in [0.25, 0.3) is 11.3 Å². The summed E-state index contributed by atoms with van der Waals surface area (Å²) in [6, 6.07) is 5.53. The number of carbonyl (C=O) groups excluding carboxylic acids is 1. The molecule has 37 heavy (non-hydrogen) atoms. The minimum Gasteiger partial charge on any atom is -0.497 e. The molecule has 2 N–H and O–H groups in total. The molecule has 1 aliphatic rings. The highest BCUT2D eigenvalue weighted by Gasteiger charge is 2.33. The number of ether oxygens (including phenoxy) is 2. The van der Waals surface area contributed by atoms with Crippen molar-refractivity contribution < 1.29 is 32.5 Å². The molecular formula is C27H26F3N3O4. The Bertz CT molecular complexity index is 1330. The molecule has 7 nitrogen and oxygen atoms in total. The second kappa shape index (κ2) is 11.1. The van der Waals surface area contributed by atoms with Crippen LogP contribution >= 0.6 is 0 Å². The largest absolute Gasteiger partial charge is 0.497 e. The van der Waals surface area contributed by atoms with Gasteiger partial charge in [-0.2, -0.15) is 0 Å². The number of pyridine rings is 2. The van der Waals surface area contributed by atoms with Gasteiger partial charge in [0.25, 0.3) is 5.91 Å². The predicted octanol–water partition coefficient (Wildman–Crippen LogP) is 5.37. The van der Waals surface area contributed by atoms with E-state index in [0.29, 0.717) is 24.1 Å². The number of aromatic nitrogens is 2. The van der Waals surface area contributed by atoms with Gasteiger partial charge in [-0.1, -0.05) is 6.08 Å². The molecule has 0 radical (unpaired) electrons. The number of aliphatic hydroxyl groups excluding tert-OH is 1. The average Bonchev–Trinajstić information content (AvgIpc) is 2.89. The first-order valence-electron chi connectivity index (χ1n) is 11.6. The molecule has 0 saturated carbocycles. The smallest absolute Gasteiger partial charge is 0.274 e. The van der Waals surface area contributed by atoms with Crippen molar-refractivity contribution in [1.82, 2.24) is 9.97 Å². The Labute approximate surface area is 212 Å². The van der Waals surface area contributed by atoms with E-state index >= 15 is 0 Å². The summed E-state index contributed by atoms with van der Waals surface area (Å²) in [5.74, 6) is -3.99. The van der Waals surface area contributed by atoms with Crippen molar-refractivity contribution in [2.75, 3.05) is 12.4 Å². The Kier molecular flexibility index (Phi) is 7.89. The zero-order valence-electron chi connectivity index (χ0n) is 20.5. The molecule has 0 spiro atoms. The van der Waals surface area contributed by atoms with Crippen LogP contribution in [0.3, 0.4) is 0 Å². The van der Waals surface area contributed by atoms with E-state index in [1.54, 1.807) is 12.3 Å². The number of anilines is 1. The lowest BCUT2D eigenvalue weighted by atomic mass is 9.93. The van der Waals surface area contributed by atoms with Crippen LogP contribution in [-0.4, -0.2) is 40.3 Å². The van der Waals surface area contributed by atoms with Crippen LogP contribution in [0, 0.1) is 17.5 Å². The summed E-state index contributed by atoms with van der Waals surface area (Å²) >= 11 is 0. The first kappa shape index (κ1) is 26.3. The highest BCUT2D eigenvalue weighted by molar-refractivity contribution is 6.03. The zero-order valence-corrected chi connectivity index (χ0v) is 20.5. The number of rotatable bonds is 6. The van der Waals surface area contributed by atoms with Crippen LogP contribution in [0.2, 0.25) is 0 Å². The van der Waals surface area contributed by atoms with Gasteiger partial charge in [0.1, 0.15) is 40.7 Å². The summed E-state index contributed by atoms with van der Waals surface area (Å²) in [5, 5.41) is 13.1. The van der Waals surface area contributed by atoms with E-state index < -0.39 is 52.9 Å². The molecule has 10 heteroatoms. The van der Waals surface area contributed by atoms with Crippen molar-refractivity contribution in [3.8, 4) is 17.0 Å². The van der Waals surface area contributed by atoms with E-state index in [-0.39, 0.29) is 11.4 Å². The fourth-order valence-corrected chi connectivity index (χ4v) is 4.23. The van der Waals surface area contributed by atoms with E-state index in [1.165, 1.54) is 13.3 Å². The number of nitrogens with one attached hydrogen (secondary N) is 1. The number of methoxy groups -OCH3 is 1. The lowest BCUT2D eigenvalue weighted by molar-refractivity contribution is -0.101. The molecule has 1 fully saturated rings. The maximum atomic E-state index is 14.6. The van der Waals surface area contributed by atoms with Gasteiger partial charge in [0.15, 0.2) is 0 Å². The molecule has 194 valence electrons. The number of carbonyl (C=O) groups is 1. The maximum absolute atomic E-state index is 14.6. The van der Waals surface area contributed by atoms with Gasteiger partial charge in [0, 0.05) is 23.9 Å². The third-order valence-corrected chi connectivity index (χ3v) is 6.31. The Morgan fingerprint density at radius 3 is 2.57 bits per heavy atom. The number of hydrogen-bond acceptors (Lipinski definition) is 6. The summed E-state index contributed by atoms with van der Waals surface area (Å²) in [4.78, 5) is 21.0. The van der Waals surface area contributed by atoms with Crippen molar-refractivity contribution in [2.45, 2.75) is 45.0 Å². The molecular weight excluding hydrogens is 487 g/mol. The van der Waals surface area contributed by atoms with Crippen molar-refractivity contribution >= 4 is 11.6 Å². The number of amides is 1. The van der Waals surface area contributed by atoms with Crippen molar-refractivity contribution in [3.05, 3.63) is 83.1 Å². The fraction of sp³-hybridized carbons (Fsp3) is 0.296. The van der Waals surface area contributed by atoms with Crippen LogP contribution in [0.4, 0.5) is 18.9 Å². The van der Waals surface area contributed by atoms with E-state index in [2.05, 4.69) is 15.3 Å². The van der Waals surface area contributed by atoms with Crippen LogP contribution in [-0.2, 0) is 4.74 Å². The summed E-state index contributed by atoms with van der Waals surface area (Å²) < 4.78 is 54.7. The summed E-state index contributed by atoms with van der Waals surface area (Å²) in [6.45, 7) is 3.73. The topological polar surface area (TPSA) is 93.6 Å². The molecule has 0 bridgehead atoms. The summed E-state index contributed by atoms with van der Waals surface area (Å²) in [7, 11) is 1.24. The van der Waals surface area contributed by atoms with Crippen LogP contribution in [0.1, 0.15) is 48.8 Å². The first-order valence-corrected chi connectivity index (χ1v) is 11.6. The minimum absolute atomic E-state index is 0.0820. The highest BCUT2D eigenvalue weighted by atomic mass is 19.1. The zero-order chi connectivity index (χ0) is 26.7. The second-order valence-electron chi connectivity index (χ2n) is 8.63. The fourth-order valence-electron chi connectivity index (χ4n) is 4.23. The van der Waals surface area contributed by atoms with Crippen LogP contribution in [0.15, 0.2) is 54.4 Å². The third-order valence-electron chi connectivity index (χ3n) is 6.31. The lowest BCUT2D eigenvalue weighted by Gasteiger charge is -2.35. The number of benzene rings is 1. The number of halogens is 3. The average molecular weight is 514 g/mol. The predicted molar refractivity (Wildman–Crippen MR) is 131 cm³/mol. The van der Waals surface area contributed by atoms with Gasteiger partial charge in [0.05, 0.1) is 36.8 Å². The normalized spacial score (nSPS) is 20.0. The summed E-state index contributed by atoms with van der Waals surface area (Å²) in [5.41, 5.74) is 0.237. The Morgan fingerprint density at radius 2 is 1.89 bits per heavy atom. The second-order valence-corrected chi connectivity index (χ2v) is 8.63. The first-order chi connectivity index (χ1) is 17.7. The third kappa shape index (κ3) is 5.50. The lowest BCUT2D eigenvalue weighted by Crippen LogP contribution is -2.36. The minimum atomic E-state index is -1.09. The molecule has 2 aromatic heterocycles. The Hall–Kier alpha value is -3.76. The standard InChI is InChI=1S/C27H26F3N3O4/c1-4-14(2)26-22(34)7-8-23(37-26)16-9-10-31-13-21(16)33-27(35)20-6-5-17(28)25(32-20)24-18(29)11-15(36-3)12-19(24)30/h4-6,9-13,22-23,26,34H,7-8H2,1-3H3,(H,33,35)/b14-4+/t22-,23+,26+/m0/s1. The molecule has 3 aromatic rings. The molecule has 0 unspecified atom stereocenters. The molecule has 4 rings (SSSR count). The van der Waals surface area contributed by atoms with Gasteiger partial charge in [-0.15, -0.1) is 0 Å². The number of nitrogens with zero attached hydrogens (tertiary/aromatic N) is 2. The molecule has 1 saturated heterocycles. The van der Waals surface area contributed by atoms with E-state index in [1.807, 2.05) is 19.9 Å². The number of hydrogen-bond donors (Lipinski definition) is 2. The molecule has 0 aliphatic carbocycles. The van der Waals surface area contributed by atoms with Crippen LogP contribution in [0.5, 0.6) is 5.75 Å². The van der Waals surface area contributed by atoms with Crippen LogP contribution < -0.4 is 10.1 Å². The Balaban J connectivity index is 1.62. The highest BCUT2D eigenvalue weighted by Crippen LogP contribution is 2.37. The van der Waals surface area contributed by atoms with Gasteiger partial charge in [-0.05, 0) is 50.5 Å². The summed E-state index contributed by atoms with van der Waals surface area (Å²) in [6.07, 6.45) is 4.31. The molecule has 3 heterocycles. The maximum Gasteiger partial charge on any atom is 0.274 e. The van der Waals surface area contributed by atoms with Gasteiger partial charge in [-0.25, -0.2) is 18.2 Å². The van der Waals surface area contributed by atoms with E-state index in [9.17, 15) is 23.1 Å². The number of allylic oxidation sites excluding steroid dienone is 1. The Morgan fingerprint density at radius 1 is 1.16 bits per heavy atom. The molecule has 1 aliphatic heterocycles. The molecule has 3 atom stereocenters. The van der Waals surface area contributed by atoms with Gasteiger partial charge >= 0.3 is 0 Å². The van der Waals surface area contributed by atoms with E-state index in [4.69, 9.17) is 9.47 Å². The van der Waals surface area contributed by atoms with Crippen molar-refractivity contribution in [2.24, 2.45) is 0 Å². The van der Waals surface area contributed by atoms with Crippen molar-refractivity contribution in [1.29, 1.82) is 0 Å². The SMILES string of the molecule is C/C=C(\C)[C@H]1O[C@@H](c2ccncc2NC(=O)c2ccc(F)c(-c3c(F)cc(OC)cc3F)n2)CC[C@@H]1O.